The summed E-state index contributed by atoms with van der Waals surface area (Å²) in [6.07, 6.45) is 6.62. The van der Waals surface area contributed by atoms with Crippen LogP contribution in [-0.4, -0.2) is 63.3 Å². The van der Waals surface area contributed by atoms with Crippen molar-refractivity contribution in [1.29, 1.82) is 0 Å². The molecule has 10 heteroatoms. The van der Waals surface area contributed by atoms with Crippen molar-refractivity contribution in [2.75, 3.05) is 42.3 Å². The Morgan fingerprint density at radius 2 is 2.03 bits per heavy atom. The van der Waals surface area contributed by atoms with Gasteiger partial charge < -0.3 is 20.3 Å². The molecule has 10 nitrogen and oxygen atoms in total. The van der Waals surface area contributed by atoms with Crippen LogP contribution in [0.5, 0.6) is 0 Å². The van der Waals surface area contributed by atoms with Crippen molar-refractivity contribution in [3.05, 3.63) is 36.8 Å². The van der Waals surface area contributed by atoms with Crippen LogP contribution in [0.15, 0.2) is 36.8 Å². The van der Waals surface area contributed by atoms with Crippen LogP contribution in [-0.2, 0) is 9.53 Å². The lowest BCUT2D eigenvalue weighted by atomic mass is 10.1. The first-order valence-corrected chi connectivity index (χ1v) is 12.0. The number of morpholine rings is 1. The molecule has 4 aromatic rings. The van der Waals surface area contributed by atoms with Gasteiger partial charge in [-0.25, -0.2) is 19.5 Å². The van der Waals surface area contributed by atoms with Gasteiger partial charge in [0.05, 0.1) is 24.6 Å². The van der Waals surface area contributed by atoms with Crippen LogP contribution < -0.4 is 15.5 Å². The van der Waals surface area contributed by atoms with E-state index in [1.54, 1.807) is 16.9 Å². The summed E-state index contributed by atoms with van der Waals surface area (Å²) in [6.45, 7) is 6.57. The minimum atomic E-state index is 0.0182. The van der Waals surface area contributed by atoms with Gasteiger partial charge in [-0.15, -0.1) is 5.10 Å². The van der Waals surface area contributed by atoms with Gasteiger partial charge in [-0.1, -0.05) is 6.92 Å². The second-order valence-electron chi connectivity index (χ2n) is 9.45. The van der Waals surface area contributed by atoms with E-state index in [-0.39, 0.29) is 17.9 Å². The lowest BCUT2D eigenvalue weighted by Gasteiger charge is -2.32. The summed E-state index contributed by atoms with van der Waals surface area (Å²) < 4.78 is 7.48. The van der Waals surface area contributed by atoms with E-state index in [0.717, 1.165) is 47.2 Å². The Kier molecular flexibility index (Phi) is 5.25. The molecule has 0 aromatic carbocycles. The fourth-order valence-electron chi connectivity index (χ4n) is 4.71. The summed E-state index contributed by atoms with van der Waals surface area (Å²) in [4.78, 5) is 28.6. The molecule has 0 bridgehead atoms. The number of rotatable bonds is 5. The van der Waals surface area contributed by atoms with Crippen molar-refractivity contribution in [1.82, 2.24) is 24.6 Å². The molecule has 2 aliphatic rings. The Balaban J connectivity index is 1.39. The van der Waals surface area contributed by atoms with Crippen LogP contribution >= 0.6 is 0 Å². The average Bonchev–Trinajstić information content (AvgIpc) is 3.45. The van der Waals surface area contributed by atoms with Crippen molar-refractivity contribution in [2.45, 2.75) is 26.4 Å². The first kappa shape index (κ1) is 21.7. The highest BCUT2D eigenvalue weighted by molar-refractivity contribution is 6.03. The molecule has 1 amide bonds. The number of nitrogens with one attached hydrogen (secondary N) is 2. The third-order valence-electron chi connectivity index (χ3n) is 6.87. The lowest BCUT2D eigenvalue weighted by Crippen LogP contribution is -2.41. The largest absolute Gasteiger partial charge is 0.375 e. The van der Waals surface area contributed by atoms with Crippen LogP contribution in [0.3, 0.4) is 0 Å². The predicted molar refractivity (Wildman–Crippen MR) is 135 cm³/mol. The van der Waals surface area contributed by atoms with Gasteiger partial charge in [-0.3, -0.25) is 4.79 Å². The fourth-order valence-corrected chi connectivity index (χ4v) is 4.71. The van der Waals surface area contributed by atoms with Gasteiger partial charge in [-0.2, -0.15) is 0 Å². The van der Waals surface area contributed by atoms with E-state index in [0.29, 0.717) is 30.0 Å². The number of nitrogens with zero attached hydrogens (tertiary/aromatic N) is 6. The topological polar surface area (TPSA) is 110 Å². The van der Waals surface area contributed by atoms with Gasteiger partial charge >= 0.3 is 0 Å². The molecule has 1 unspecified atom stereocenters. The van der Waals surface area contributed by atoms with Crippen molar-refractivity contribution in [3.8, 4) is 11.4 Å². The second-order valence-corrected chi connectivity index (χ2v) is 9.45. The van der Waals surface area contributed by atoms with Gasteiger partial charge in [0.15, 0.2) is 11.5 Å². The molecule has 1 aliphatic heterocycles. The molecule has 35 heavy (non-hydrogen) atoms. The first-order valence-electron chi connectivity index (χ1n) is 12.0. The van der Waals surface area contributed by atoms with Gasteiger partial charge in [0.2, 0.25) is 5.91 Å². The zero-order valence-electron chi connectivity index (χ0n) is 20.0. The Labute approximate surface area is 202 Å². The molecule has 5 heterocycles. The van der Waals surface area contributed by atoms with E-state index in [2.05, 4.69) is 45.4 Å². The highest BCUT2D eigenvalue weighted by atomic mass is 16.5. The van der Waals surface area contributed by atoms with Crippen LogP contribution in [0, 0.1) is 11.8 Å². The average molecular weight is 473 g/mol. The summed E-state index contributed by atoms with van der Waals surface area (Å²) in [6, 6.07) is 5.93. The maximum atomic E-state index is 12.5. The molecule has 1 aliphatic carbocycles. The van der Waals surface area contributed by atoms with Crippen LogP contribution in [0.2, 0.25) is 0 Å². The number of hydrogen-bond donors (Lipinski definition) is 2. The summed E-state index contributed by atoms with van der Waals surface area (Å²) in [5.74, 6) is 2.31. The van der Waals surface area contributed by atoms with Gasteiger partial charge in [0.1, 0.15) is 11.6 Å². The fraction of sp³-hybridized carbons (Fsp3) is 0.400. The van der Waals surface area contributed by atoms with Crippen molar-refractivity contribution >= 4 is 39.6 Å². The molecular formula is C25H28N8O2. The van der Waals surface area contributed by atoms with Crippen LogP contribution in [0.1, 0.15) is 20.3 Å². The molecule has 1 saturated heterocycles. The van der Waals surface area contributed by atoms with Gasteiger partial charge in [0, 0.05) is 54.8 Å². The van der Waals surface area contributed by atoms with E-state index in [4.69, 9.17) is 14.8 Å². The Morgan fingerprint density at radius 3 is 2.80 bits per heavy atom. The number of carbonyl (C=O) groups excluding carboxylic acids is 1. The Bertz CT molecular complexity index is 1430. The highest BCUT2D eigenvalue weighted by Gasteiger charge is 2.39. The SMILES string of the molecule is CNc1ncc(-c2nc3ccc(N4CCOC(C)C4)cn3n2)c2cc(NC(=O)[C@@H]3C[C@@H]3C)ncc12. The molecule has 2 fully saturated rings. The van der Waals surface area contributed by atoms with Crippen LogP contribution in [0.4, 0.5) is 17.3 Å². The summed E-state index contributed by atoms with van der Waals surface area (Å²) >= 11 is 0. The van der Waals surface area contributed by atoms with Gasteiger partial charge in [-0.05, 0) is 37.5 Å². The summed E-state index contributed by atoms with van der Waals surface area (Å²) in [7, 11) is 1.82. The third kappa shape index (κ3) is 4.03. The number of hydrogen-bond acceptors (Lipinski definition) is 8. The van der Waals surface area contributed by atoms with E-state index in [1.807, 2.05) is 25.4 Å². The van der Waals surface area contributed by atoms with Gasteiger partial charge in [0.25, 0.3) is 0 Å². The number of aromatic nitrogens is 5. The summed E-state index contributed by atoms with van der Waals surface area (Å²) in [5, 5.41) is 12.6. The maximum Gasteiger partial charge on any atom is 0.228 e. The smallest absolute Gasteiger partial charge is 0.228 e. The van der Waals surface area contributed by atoms with Crippen molar-refractivity contribution in [2.24, 2.45) is 11.8 Å². The second kappa shape index (κ2) is 8.46. The number of pyridine rings is 3. The molecular weight excluding hydrogens is 444 g/mol. The molecule has 3 atom stereocenters. The molecule has 0 radical (unpaired) electrons. The minimum absolute atomic E-state index is 0.0182. The first-order chi connectivity index (χ1) is 17.0. The quantitative estimate of drug-likeness (QED) is 0.456. The molecule has 6 rings (SSSR count). The number of anilines is 3. The predicted octanol–water partition coefficient (Wildman–Crippen LogP) is 3.20. The van der Waals surface area contributed by atoms with Crippen LogP contribution in [0.25, 0.3) is 27.8 Å². The van der Waals surface area contributed by atoms with E-state index in [1.165, 1.54) is 0 Å². The molecule has 0 spiro atoms. The monoisotopic (exact) mass is 472 g/mol. The molecule has 1 saturated carbocycles. The summed E-state index contributed by atoms with van der Waals surface area (Å²) in [5.41, 5.74) is 2.62. The number of amides is 1. The normalized spacial score (nSPS) is 21.9. The molecule has 2 N–H and O–H groups in total. The standard InChI is InChI=1S/C25H28N8O2/c1-14-8-17(14)25(34)29-21-9-18-19(10-27-21)23(26-3)28-11-20(18)24-30-22-5-4-16(13-33(22)31-24)32-6-7-35-15(2)12-32/h4-5,9-11,13-15,17H,6-8,12H2,1-3H3,(H,26,28)(H,27,29,34)/t14-,15?,17+/m0/s1. The zero-order chi connectivity index (χ0) is 24.1. The van der Waals surface area contributed by atoms with Crippen molar-refractivity contribution < 1.29 is 9.53 Å². The van der Waals surface area contributed by atoms with Crippen molar-refractivity contribution in [3.63, 3.8) is 0 Å². The number of carbonyl (C=O) groups is 1. The minimum Gasteiger partial charge on any atom is -0.375 e. The van der Waals surface area contributed by atoms with E-state index in [9.17, 15) is 4.79 Å². The van der Waals surface area contributed by atoms with E-state index < -0.39 is 0 Å². The lowest BCUT2D eigenvalue weighted by molar-refractivity contribution is -0.117. The Morgan fingerprint density at radius 1 is 1.17 bits per heavy atom. The van der Waals surface area contributed by atoms with E-state index >= 15 is 0 Å². The molecule has 180 valence electrons. The zero-order valence-corrected chi connectivity index (χ0v) is 20.0. The molecule has 4 aromatic heterocycles. The Hall–Kier alpha value is -3.79. The third-order valence-corrected chi connectivity index (χ3v) is 6.87. The number of fused-ring (bicyclic) bond motifs is 2. The maximum absolute atomic E-state index is 12.5. The highest BCUT2D eigenvalue weighted by Crippen LogP contribution is 2.39. The number of ether oxygens (including phenoxy) is 1.